The maximum Gasteiger partial charge on any atom is 0.220 e. The van der Waals surface area contributed by atoms with E-state index in [9.17, 15) is 9.18 Å². The molecular weight excluding hydrogens is 257 g/mol. The number of hydrogen-bond donors (Lipinski definition) is 2. The summed E-state index contributed by atoms with van der Waals surface area (Å²) in [6.45, 7) is 2.02. The molecule has 1 aromatic rings. The Bertz CT molecular complexity index is 460. The Morgan fingerprint density at radius 1 is 1.50 bits per heavy atom. The smallest absolute Gasteiger partial charge is 0.220 e. The van der Waals surface area contributed by atoms with Gasteiger partial charge >= 0.3 is 0 Å². The zero-order valence-corrected chi connectivity index (χ0v) is 11.8. The fourth-order valence-corrected chi connectivity index (χ4v) is 2.54. The molecule has 1 aromatic carbocycles. The minimum absolute atomic E-state index is 0.0142. The summed E-state index contributed by atoms with van der Waals surface area (Å²) < 4.78 is 13.2. The molecule has 4 heteroatoms. The number of nitrogens with one attached hydrogen (secondary N) is 1. The molecule has 0 heterocycles. The normalized spacial score (nSPS) is 17.6. The second-order valence-electron chi connectivity index (χ2n) is 5.68. The van der Waals surface area contributed by atoms with Crippen LogP contribution in [0.3, 0.4) is 0 Å². The monoisotopic (exact) mass is 279 g/mol. The Kier molecular flexibility index (Phi) is 5.12. The van der Waals surface area contributed by atoms with Crippen molar-refractivity contribution in [3.63, 3.8) is 0 Å². The molecule has 0 radical (unpaired) electrons. The number of hydrogen-bond acceptors (Lipinski definition) is 2. The summed E-state index contributed by atoms with van der Waals surface area (Å²) in [5.41, 5.74) is 0.838. The highest BCUT2D eigenvalue weighted by Crippen LogP contribution is 2.34. The van der Waals surface area contributed by atoms with Gasteiger partial charge in [-0.1, -0.05) is 19.1 Å². The Morgan fingerprint density at radius 2 is 2.25 bits per heavy atom. The topological polar surface area (TPSA) is 49.3 Å². The molecule has 1 amide bonds. The van der Waals surface area contributed by atoms with Crippen LogP contribution in [0.1, 0.15) is 44.1 Å². The van der Waals surface area contributed by atoms with Crippen molar-refractivity contribution >= 4 is 5.91 Å². The van der Waals surface area contributed by atoms with Crippen LogP contribution in [0, 0.1) is 11.7 Å². The third kappa shape index (κ3) is 4.30. The van der Waals surface area contributed by atoms with Crippen molar-refractivity contribution in [1.29, 1.82) is 0 Å². The van der Waals surface area contributed by atoms with Crippen molar-refractivity contribution in [2.45, 2.75) is 44.6 Å². The molecule has 0 aromatic heterocycles. The highest BCUT2D eigenvalue weighted by molar-refractivity contribution is 5.77. The fourth-order valence-electron chi connectivity index (χ4n) is 2.54. The molecule has 0 spiro atoms. The van der Waals surface area contributed by atoms with E-state index in [-0.39, 0.29) is 30.3 Å². The Morgan fingerprint density at radius 3 is 2.85 bits per heavy atom. The lowest BCUT2D eigenvalue weighted by atomic mass is 9.97. The van der Waals surface area contributed by atoms with Crippen LogP contribution in [0.25, 0.3) is 0 Å². The van der Waals surface area contributed by atoms with E-state index in [4.69, 9.17) is 5.11 Å². The molecule has 1 aliphatic carbocycles. The number of benzene rings is 1. The van der Waals surface area contributed by atoms with Crippen LogP contribution in [-0.4, -0.2) is 23.7 Å². The molecule has 1 saturated carbocycles. The highest BCUT2D eigenvalue weighted by Gasteiger charge is 2.31. The molecule has 110 valence electrons. The van der Waals surface area contributed by atoms with E-state index in [2.05, 4.69) is 5.32 Å². The summed E-state index contributed by atoms with van der Waals surface area (Å²) in [5.74, 6) is 0.216. The number of rotatable bonds is 7. The van der Waals surface area contributed by atoms with Gasteiger partial charge in [0, 0.05) is 19.1 Å². The molecular formula is C16H22FNO2. The summed E-state index contributed by atoms with van der Waals surface area (Å²) in [6, 6.07) is 6.47. The molecule has 0 aliphatic heterocycles. The molecule has 0 saturated heterocycles. The van der Waals surface area contributed by atoms with Gasteiger partial charge in [-0.15, -0.1) is 0 Å². The molecule has 1 aliphatic rings. The third-order valence-corrected chi connectivity index (χ3v) is 3.89. The van der Waals surface area contributed by atoms with Gasteiger partial charge in [-0.05, 0) is 48.8 Å². The summed E-state index contributed by atoms with van der Waals surface area (Å²) in [6.07, 6.45) is 3.22. The number of carbonyl (C=O) groups is 1. The standard InChI is InChI=1S/C16H22FNO2/c1-11(13-3-2-4-14(17)10-13)9-16(20)18-15(7-8-19)12-5-6-12/h2-4,10-12,15,19H,5-9H2,1H3,(H,18,20). The van der Waals surface area contributed by atoms with Crippen LogP contribution in [0.4, 0.5) is 4.39 Å². The van der Waals surface area contributed by atoms with E-state index in [1.807, 2.05) is 13.0 Å². The zero-order valence-electron chi connectivity index (χ0n) is 11.8. The van der Waals surface area contributed by atoms with Gasteiger partial charge in [-0.25, -0.2) is 4.39 Å². The second kappa shape index (κ2) is 6.84. The van der Waals surface area contributed by atoms with E-state index in [1.54, 1.807) is 6.07 Å². The fraction of sp³-hybridized carbons (Fsp3) is 0.562. The van der Waals surface area contributed by atoms with E-state index >= 15 is 0 Å². The number of aliphatic hydroxyl groups is 1. The maximum atomic E-state index is 13.2. The van der Waals surface area contributed by atoms with Gasteiger partial charge in [0.05, 0.1) is 0 Å². The van der Waals surface area contributed by atoms with Gasteiger partial charge in [0.1, 0.15) is 5.82 Å². The van der Waals surface area contributed by atoms with Crippen molar-refractivity contribution in [2.24, 2.45) is 5.92 Å². The summed E-state index contributed by atoms with van der Waals surface area (Å²) in [7, 11) is 0. The first kappa shape index (κ1) is 15.0. The molecule has 1 fully saturated rings. The Hall–Kier alpha value is -1.42. The lowest BCUT2D eigenvalue weighted by molar-refractivity contribution is -0.122. The van der Waals surface area contributed by atoms with E-state index in [0.29, 0.717) is 18.8 Å². The van der Waals surface area contributed by atoms with Gasteiger partial charge in [0.15, 0.2) is 0 Å². The second-order valence-corrected chi connectivity index (χ2v) is 5.68. The molecule has 2 N–H and O–H groups in total. The van der Waals surface area contributed by atoms with Crippen LogP contribution >= 0.6 is 0 Å². The van der Waals surface area contributed by atoms with Crippen molar-refractivity contribution in [3.05, 3.63) is 35.6 Å². The van der Waals surface area contributed by atoms with Crippen LogP contribution in [0.2, 0.25) is 0 Å². The average Bonchev–Trinajstić information content (AvgIpc) is 3.22. The van der Waals surface area contributed by atoms with Crippen LogP contribution in [0.5, 0.6) is 0 Å². The number of aliphatic hydroxyl groups excluding tert-OH is 1. The van der Waals surface area contributed by atoms with E-state index < -0.39 is 0 Å². The van der Waals surface area contributed by atoms with Crippen molar-refractivity contribution in [2.75, 3.05) is 6.61 Å². The van der Waals surface area contributed by atoms with E-state index in [1.165, 1.54) is 12.1 Å². The molecule has 3 nitrogen and oxygen atoms in total. The Labute approximate surface area is 119 Å². The number of halogens is 1. The van der Waals surface area contributed by atoms with Crippen molar-refractivity contribution < 1.29 is 14.3 Å². The first-order valence-corrected chi connectivity index (χ1v) is 7.26. The zero-order chi connectivity index (χ0) is 14.5. The minimum atomic E-state index is -0.272. The minimum Gasteiger partial charge on any atom is -0.396 e. The third-order valence-electron chi connectivity index (χ3n) is 3.89. The van der Waals surface area contributed by atoms with Gasteiger partial charge in [0.25, 0.3) is 0 Å². The first-order chi connectivity index (χ1) is 9.60. The summed E-state index contributed by atoms with van der Waals surface area (Å²) >= 11 is 0. The highest BCUT2D eigenvalue weighted by atomic mass is 19.1. The summed E-state index contributed by atoms with van der Waals surface area (Å²) in [4.78, 5) is 12.0. The van der Waals surface area contributed by atoms with Crippen LogP contribution < -0.4 is 5.32 Å². The molecule has 2 rings (SSSR count). The average molecular weight is 279 g/mol. The van der Waals surface area contributed by atoms with Crippen molar-refractivity contribution in [3.8, 4) is 0 Å². The molecule has 2 unspecified atom stereocenters. The Balaban J connectivity index is 1.86. The van der Waals surface area contributed by atoms with Gasteiger partial charge in [0.2, 0.25) is 5.91 Å². The molecule has 2 atom stereocenters. The molecule has 20 heavy (non-hydrogen) atoms. The summed E-state index contributed by atoms with van der Waals surface area (Å²) in [5, 5.41) is 12.0. The van der Waals surface area contributed by atoms with E-state index in [0.717, 1.165) is 18.4 Å². The van der Waals surface area contributed by atoms with Crippen LogP contribution in [0.15, 0.2) is 24.3 Å². The largest absolute Gasteiger partial charge is 0.396 e. The van der Waals surface area contributed by atoms with Gasteiger partial charge in [-0.3, -0.25) is 4.79 Å². The predicted octanol–water partition coefficient (Wildman–Crippen LogP) is 2.60. The lowest BCUT2D eigenvalue weighted by Crippen LogP contribution is -2.37. The molecule has 0 bridgehead atoms. The maximum absolute atomic E-state index is 13.2. The van der Waals surface area contributed by atoms with Gasteiger partial charge < -0.3 is 10.4 Å². The van der Waals surface area contributed by atoms with Crippen LogP contribution in [-0.2, 0) is 4.79 Å². The lowest BCUT2D eigenvalue weighted by Gasteiger charge is -2.19. The predicted molar refractivity (Wildman–Crippen MR) is 75.8 cm³/mol. The SMILES string of the molecule is CC(CC(=O)NC(CCO)C1CC1)c1cccc(F)c1. The quantitative estimate of drug-likeness (QED) is 0.806. The van der Waals surface area contributed by atoms with Crippen molar-refractivity contribution in [1.82, 2.24) is 5.32 Å². The number of carbonyl (C=O) groups excluding carboxylic acids is 1. The first-order valence-electron chi connectivity index (χ1n) is 7.26. The van der Waals surface area contributed by atoms with Gasteiger partial charge in [-0.2, -0.15) is 0 Å². The number of amides is 1.